The lowest BCUT2D eigenvalue weighted by Gasteiger charge is -2.22. The zero-order valence-electron chi connectivity index (χ0n) is 18.2. The molecule has 3 aromatic rings. The molecule has 8 heteroatoms. The summed E-state index contributed by atoms with van der Waals surface area (Å²) in [5.41, 5.74) is 1.27. The minimum Gasteiger partial charge on any atom is -0.494 e. The number of carbonyl (C=O) groups excluding carboxylic acids is 1. The molecule has 0 radical (unpaired) electrons. The van der Waals surface area contributed by atoms with Crippen LogP contribution in [-0.2, 0) is 4.79 Å². The van der Waals surface area contributed by atoms with Gasteiger partial charge in [-0.25, -0.2) is 4.98 Å². The van der Waals surface area contributed by atoms with Crippen molar-refractivity contribution in [1.82, 2.24) is 19.9 Å². The normalized spacial score (nSPS) is 16.6. The van der Waals surface area contributed by atoms with Crippen LogP contribution in [0.15, 0.2) is 59.7 Å². The van der Waals surface area contributed by atoms with Gasteiger partial charge in [0.15, 0.2) is 6.10 Å². The second kappa shape index (κ2) is 9.64. The second-order valence-electron chi connectivity index (χ2n) is 7.69. The maximum Gasteiger partial charge on any atom is 0.263 e. The summed E-state index contributed by atoms with van der Waals surface area (Å²) in [5, 5.41) is 0. The van der Waals surface area contributed by atoms with Gasteiger partial charge < -0.3 is 19.4 Å². The number of carbonyl (C=O) groups is 1. The van der Waals surface area contributed by atoms with Crippen molar-refractivity contribution in [3.8, 4) is 22.9 Å². The zero-order valence-corrected chi connectivity index (χ0v) is 18.2. The molecule has 0 unspecified atom stereocenters. The van der Waals surface area contributed by atoms with E-state index in [1.165, 1.54) is 6.07 Å². The van der Waals surface area contributed by atoms with Crippen molar-refractivity contribution in [2.75, 3.05) is 19.7 Å². The lowest BCUT2D eigenvalue weighted by molar-refractivity contribution is -0.136. The Bertz CT molecular complexity index is 1110. The molecule has 1 N–H and O–H groups in total. The largest absolute Gasteiger partial charge is 0.494 e. The van der Waals surface area contributed by atoms with Gasteiger partial charge >= 0.3 is 0 Å². The van der Waals surface area contributed by atoms with E-state index in [9.17, 15) is 9.59 Å². The zero-order chi connectivity index (χ0) is 22.5. The molecular formula is C24H26N4O4. The third kappa shape index (κ3) is 4.96. The summed E-state index contributed by atoms with van der Waals surface area (Å²) in [6.07, 6.45) is 3.44. The van der Waals surface area contributed by atoms with Gasteiger partial charge in [0.1, 0.15) is 17.3 Å². The molecule has 1 aliphatic rings. The van der Waals surface area contributed by atoms with Crippen LogP contribution >= 0.6 is 0 Å². The van der Waals surface area contributed by atoms with Crippen LogP contribution in [0, 0.1) is 0 Å². The Kier molecular flexibility index (Phi) is 6.49. The fourth-order valence-electron chi connectivity index (χ4n) is 3.83. The third-order valence-corrected chi connectivity index (χ3v) is 5.43. The van der Waals surface area contributed by atoms with E-state index in [0.717, 1.165) is 17.7 Å². The molecule has 1 amide bonds. The van der Waals surface area contributed by atoms with Crippen molar-refractivity contribution in [3.63, 3.8) is 0 Å². The van der Waals surface area contributed by atoms with E-state index in [1.807, 2.05) is 19.1 Å². The average Bonchev–Trinajstić information content (AvgIpc) is 3.30. The minimum absolute atomic E-state index is 0.000451. The summed E-state index contributed by atoms with van der Waals surface area (Å²) in [6, 6.07) is 12.3. The number of ether oxygens (including phenoxy) is 2. The Hall–Kier alpha value is -3.68. The number of pyridine rings is 1. The smallest absolute Gasteiger partial charge is 0.263 e. The summed E-state index contributed by atoms with van der Waals surface area (Å²) >= 11 is 0. The van der Waals surface area contributed by atoms with Crippen LogP contribution in [0.1, 0.15) is 31.9 Å². The molecule has 2 aromatic heterocycles. The lowest BCUT2D eigenvalue weighted by atomic mass is 10.0. The third-order valence-electron chi connectivity index (χ3n) is 5.43. The first-order chi connectivity index (χ1) is 15.5. The van der Waals surface area contributed by atoms with E-state index in [2.05, 4.69) is 15.0 Å². The van der Waals surface area contributed by atoms with Crippen LogP contribution in [0.5, 0.6) is 11.5 Å². The fraction of sp³-hybridized carbons (Fsp3) is 0.333. The van der Waals surface area contributed by atoms with E-state index >= 15 is 0 Å². The van der Waals surface area contributed by atoms with Crippen LogP contribution in [0.25, 0.3) is 11.4 Å². The van der Waals surface area contributed by atoms with Crippen molar-refractivity contribution >= 4 is 5.91 Å². The number of hydrogen-bond donors (Lipinski definition) is 1. The van der Waals surface area contributed by atoms with Gasteiger partial charge in [0.2, 0.25) is 0 Å². The van der Waals surface area contributed by atoms with Gasteiger partial charge in [-0.1, -0.05) is 0 Å². The molecule has 32 heavy (non-hydrogen) atoms. The van der Waals surface area contributed by atoms with E-state index in [0.29, 0.717) is 37.0 Å². The van der Waals surface area contributed by atoms with Crippen molar-refractivity contribution in [3.05, 3.63) is 70.9 Å². The highest BCUT2D eigenvalue weighted by Crippen LogP contribution is 2.27. The number of likely N-dealkylation sites (tertiary alicyclic amines) is 1. The first-order valence-electron chi connectivity index (χ1n) is 10.7. The number of H-pyrrole nitrogens is 1. The van der Waals surface area contributed by atoms with Gasteiger partial charge in [0.05, 0.1) is 12.3 Å². The average molecular weight is 434 g/mol. The quantitative estimate of drug-likeness (QED) is 0.614. The molecule has 8 nitrogen and oxygen atoms in total. The van der Waals surface area contributed by atoms with Crippen LogP contribution in [0.3, 0.4) is 0 Å². The molecule has 1 saturated heterocycles. The molecule has 0 aliphatic carbocycles. The maximum atomic E-state index is 12.9. The molecule has 0 bridgehead atoms. The van der Waals surface area contributed by atoms with Crippen LogP contribution in [0.4, 0.5) is 0 Å². The number of aromatic nitrogens is 3. The first-order valence-corrected chi connectivity index (χ1v) is 10.7. The number of benzene rings is 1. The number of nitrogens with zero attached hydrogens (tertiary/aromatic N) is 3. The van der Waals surface area contributed by atoms with Crippen molar-refractivity contribution in [2.45, 2.75) is 32.3 Å². The molecule has 1 fully saturated rings. The first kappa shape index (κ1) is 21.5. The molecule has 3 heterocycles. The minimum atomic E-state index is -0.619. The van der Waals surface area contributed by atoms with Crippen LogP contribution < -0.4 is 15.0 Å². The number of rotatable bonds is 7. The maximum absolute atomic E-state index is 12.9. The number of aromatic amines is 1. The highest BCUT2D eigenvalue weighted by Gasteiger charge is 2.31. The van der Waals surface area contributed by atoms with E-state index < -0.39 is 6.10 Å². The van der Waals surface area contributed by atoms with Gasteiger partial charge in [-0.05, 0) is 56.7 Å². The van der Waals surface area contributed by atoms with E-state index in [4.69, 9.17) is 9.47 Å². The summed E-state index contributed by atoms with van der Waals surface area (Å²) < 4.78 is 11.3. The van der Waals surface area contributed by atoms with Crippen molar-refractivity contribution in [1.29, 1.82) is 0 Å². The number of nitrogens with one attached hydrogen (secondary N) is 1. The second-order valence-corrected chi connectivity index (χ2v) is 7.69. The summed E-state index contributed by atoms with van der Waals surface area (Å²) in [7, 11) is 0. The molecule has 2 atom stereocenters. The van der Waals surface area contributed by atoms with Gasteiger partial charge in [0.25, 0.3) is 11.5 Å². The lowest BCUT2D eigenvalue weighted by Crippen LogP contribution is -2.39. The predicted molar refractivity (Wildman–Crippen MR) is 120 cm³/mol. The Morgan fingerprint density at radius 1 is 1.19 bits per heavy atom. The SMILES string of the molecule is CCOc1ccc(O[C@H](C)C(=O)N2CC[C@H](c3cc(=O)[nH]c(-c4ccncc4)n3)C2)cc1. The molecule has 0 spiro atoms. The van der Waals surface area contributed by atoms with Gasteiger partial charge in [0, 0.05) is 43.0 Å². The Labute approximate surface area is 186 Å². The van der Waals surface area contributed by atoms with Crippen LogP contribution in [-0.4, -0.2) is 51.6 Å². The highest BCUT2D eigenvalue weighted by molar-refractivity contribution is 5.81. The van der Waals surface area contributed by atoms with Gasteiger partial charge in [-0.15, -0.1) is 0 Å². The molecule has 1 aromatic carbocycles. The monoisotopic (exact) mass is 434 g/mol. The predicted octanol–water partition coefficient (Wildman–Crippen LogP) is 3.01. The molecule has 166 valence electrons. The number of hydrogen-bond acceptors (Lipinski definition) is 6. The molecule has 1 aliphatic heterocycles. The molecule has 0 saturated carbocycles. The molecular weight excluding hydrogens is 408 g/mol. The van der Waals surface area contributed by atoms with Crippen LogP contribution in [0.2, 0.25) is 0 Å². The molecule has 4 rings (SSSR count). The number of amides is 1. The van der Waals surface area contributed by atoms with Gasteiger partial charge in [-0.2, -0.15) is 0 Å². The summed E-state index contributed by atoms with van der Waals surface area (Å²) in [4.78, 5) is 38.3. The van der Waals surface area contributed by atoms with E-state index in [-0.39, 0.29) is 17.4 Å². The fourth-order valence-corrected chi connectivity index (χ4v) is 3.83. The summed E-state index contributed by atoms with van der Waals surface area (Å²) in [5.74, 6) is 1.80. The van der Waals surface area contributed by atoms with Crippen molar-refractivity contribution in [2.24, 2.45) is 0 Å². The topological polar surface area (TPSA) is 97.4 Å². The Morgan fingerprint density at radius 2 is 1.91 bits per heavy atom. The Balaban J connectivity index is 1.41. The highest BCUT2D eigenvalue weighted by atomic mass is 16.5. The summed E-state index contributed by atoms with van der Waals surface area (Å²) in [6.45, 7) is 5.37. The van der Waals surface area contributed by atoms with Gasteiger partial charge in [-0.3, -0.25) is 14.6 Å². The standard InChI is InChI=1S/C24H26N4O4/c1-3-31-19-4-6-20(7-5-19)32-16(2)24(30)28-13-10-18(15-28)21-14-22(29)27-23(26-21)17-8-11-25-12-9-17/h4-9,11-12,14,16,18H,3,10,13,15H2,1-2H3,(H,26,27,29)/t16-,18+/m1/s1. The van der Waals surface area contributed by atoms with E-state index in [1.54, 1.807) is 48.5 Å². The van der Waals surface area contributed by atoms with Crippen molar-refractivity contribution < 1.29 is 14.3 Å². The Morgan fingerprint density at radius 3 is 2.62 bits per heavy atom.